The van der Waals surface area contributed by atoms with E-state index < -0.39 is 11.9 Å². The highest BCUT2D eigenvalue weighted by Crippen LogP contribution is 2.34. The van der Waals surface area contributed by atoms with Gasteiger partial charge in [-0.15, -0.1) is 11.3 Å². The number of aryl methyl sites for hydroxylation is 1. The Hall–Kier alpha value is -2.61. The first kappa shape index (κ1) is 21.6. The summed E-state index contributed by atoms with van der Waals surface area (Å²) in [5, 5.41) is 9.08. The molecule has 1 aliphatic carbocycles. The summed E-state index contributed by atoms with van der Waals surface area (Å²) in [6, 6.07) is 8.07. The minimum atomic E-state index is -4.50. The molecule has 164 valence electrons. The van der Waals surface area contributed by atoms with Crippen LogP contribution in [0.5, 0.6) is 0 Å². The van der Waals surface area contributed by atoms with Crippen LogP contribution in [-0.2, 0) is 6.18 Å². The van der Waals surface area contributed by atoms with E-state index in [1.54, 1.807) is 24.3 Å². The number of benzene rings is 1. The van der Waals surface area contributed by atoms with Crippen molar-refractivity contribution >= 4 is 33.8 Å². The average molecular weight is 448 g/mol. The topological polar surface area (TPSA) is 54.0 Å². The molecule has 1 saturated carbocycles. The van der Waals surface area contributed by atoms with Gasteiger partial charge in [0.2, 0.25) is 0 Å². The molecule has 3 aromatic rings. The number of alkyl halides is 3. The lowest BCUT2D eigenvalue weighted by molar-refractivity contribution is -0.140. The first-order valence-corrected chi connectivity index (χ1v) is 11.2. The number of hydrogen-bond donors (Lipinski definition) is 2. The van der Waals surface area contributed by atoms with Crippen molar-refractivity contribution in [3.63, 3.8) is 0 Å². The monoisotopic (exact) mass is 447 g/mol. The molecule has 0 radical (unpaired) electrons. The summed E-state index contributed by atoms with van der Waals surface area (Å²) < 4.78 is 39.9. The second-order valence-electron chi connectivity index (χ2n) is 8.11. The molecule has 0 saturated heterocycles. The zero-order valence-electron chi connectivity index (χ0n) is 17.3. The quantitative estimate of drug-likeness (QED) is 0.509. The molecule has 2 aromatic heterocycles. The third-order valence-electron chi connectivity index (χ3n) is 5.92. The number of rotatable bonds is 4. The van der Waals surface area contributed by atoms with Crippen LogP contribution in [0.25, 0.3) is 10.9 Å². The predicted molar refractivity (Wildman–Crippen MR) is 118 cm³/mol. The third kappa shape index (κ3) is 4.69. The minimum Gasteiger partial charge on any atom is -0.382 e. The Morgan fingerprint density at radius 3 is 2.42 bits per heavy atom. The second-order valence-corrected chi connectivity index (χ2v) is 8.99. The number of para-hydroxylation sites is 1. The molecule has 4 nitrogen and oxygen atoms in total. The van der Waals surface area contributed by atoms with Gasteiger partial charge < -0.3 is 10.6 Å². The maximum atomic E-state index is 13.3. The number of hydrogen-bond acceptors (Lipinski definition) is 4. The Morgan fingerprint density at radius 1 is 1.10 bits per heavy atom. The van der Waals surface area contributed by atoms with Gasteiger partial charge in [0.05, 0.1) is 10.4 Å². The van der Waals surface area contributed by atoms with Gasteiger partial charge in [0.1, 0.15) is 5.69 Å². The van der Waals surface area contributed by atoms with Gasteiger partial charge in [0, 0.05) is 23.2 Å². The molecule has 0 spiro atoms. The van der Waals surface area contributed by atoms with E-state index in [-0.39, 0.29) is 18.0 Å². The molecule has 4 rings (SSSR count). The van der Waals surface area contributed by atoms with Crippen LogP contribution < -0.4 is 10.6 Å². The first-order chi connectivity index (χ1) is 14.7. The summed E-state index contributed by atoms with van der Waals surface area (Å²) in [5.74, 6) is -0.0399. The van der Waals surface area contributed by atoms with E-state index in [9.17, 15) is 18.0 Å². The average Bonchev–Trinajstić information content (AvgIpc) is 3.07. The lowest BCUT2D eigenvalue weighted by Gasteiger charge is -2.30. The number of amides is 1. The van der Waals surface area contributed by atoms with Crippen molar-refractivity contribution in [1.29, 1.82) is 0 Å². The van der Waals surface area contributed by atoms with Crippen molar-refractivity contribution < 1.29 is 18.0 Å². The summed E-state index contributed by atoms with van der Waals surface area (Å²) in [6.07, 6.45) is -1.40. The highest BCUT2D eigenvalue weighted by molar-refractivity contribution is 7.12. The molecule has 1 aliphatic rings. The predicted octanol–water partition coefficient (Wildman–Crippen LogP) is 6.09. The van der Waals surface area contributed by atoms with Crippen LogP contribution in [0, 0.1) is 13.8 Å². The van der Waals surface area contributed by atoms with Gasteiger partial charge >= 0.3 is 6.18 Å². The Balaban J connectivity index is 1.43. The fourth-order valence-electron chi connectivity index (χ4n) is 4.02. The number of thiophene rings is 1. The van der Waals surface area contributed by atoms with Gasteiger partial charge in [-0.3, -0.25) is 4.79 Å². The molecule has 0 aliphatic heterocycles. The first-order valence-electron chi connectivity index (χ1n) is 10.3. The standard InChI is InChI=1S/C23H24F3N3OS/c1-13-12-31-21(14(13)2)22(30)28-16-9-7-15(8-10-16)27-19-11-20(23(24,25)26)29-18-6-4-3-5-17(18)19/h3-6,11-12,15-16H,7-10H2,1-2H3,(H,27,29)(H,28,30)/t15-,16+. The smallest absolute Gasteiger partial charge is 0.382 e. The van der Waals surface area contributed by atoms with Crippen LogP contribution in [0.1, 0.15) is 52.2 Å². The van der Waals surface area contributed by atoms with Crippen molar-refractivity contribution in [2.24, 2.45) is 0 Å². The van der Waals surface area contributed by atoms with Crippen LogP contribution in [0.15, 0.2) is 35.7 Å². The van der Waals surface area contributed by atoms with Gasteiger partial charge in [-0.25, -0.2) is 4.98 Å². The summed E-state index contributed by atoms with van der Waals surface area (Å²) in [7, 11) is 0. The van der Waals surface area contributed by atoms with Crippen LogP contribution >= 0.6 is 11.3 Å². The minimum absolute atomic E-state index is 0.0399. The number of nitrogens with one attached hydrogen (secondary N) is 2. The van der Waals surface area contributed by atoms with Crippen molar-refractivity contribution in [3.05, 3.63) is 57.4 Å². The van der Waals surface area contributed by atoms with E-state index in [1.165, 1.54) is 11.3 Å². The number of halogens is 3. The second kappa shape index (κ2) is 8.49. The van der Waals surface area contributed by atoms with Crippen molar-refractivity contribution in [3.8, 4) is 0 Å². The number of pyridine rings is 1. The molecule has 1 amide bonds. The third-order valence-corrected chi connectivity index (χ3v) is 7.12. The summed E-state index contributed by atoms with van der Waals surface area (Å²) in [4.78, 5) is 17.1. The fourth-order valence-corrected chi connectivity index (χ4v) is 5.00. The lowest BCUT2D eigenvalue weighted by atomic mass is 9.90. The van der Waals surface area contributed by atoms with Gasteiger partial charge in [-0.2, -0.15) is 13.2 Å². The zero-order chi connectivity index (χ0) is 22.2. The Morgan fingerprint density at radius 2 is 1.77 bits per heavy atom. The number of aromatic nitrogens is 1. The Labute approximate surface area is 182 Å². The van der Waals surface area contributed by atoms with E-state index >= 15 is 0 Å². The summed E-state index contributed by atoms with van der Waals surface area (Å²) in [5.41, 5.74) is 2.02. The van der Waals surface area contributed by atoms with Gasteiger partial charge in [0.15, 0.2) is 0 Å². The van der Waals surface area contributed by atoms with Gasteiger partial charge in [0.25, 0.3) is 5.91 Å². The maximum Gasteiger partial charge on any atom is 0.433 e. The summed E-state index contributed by atoms with van der Waals surface area (Å²) in [6.45, 7) is 3.95. The van der Waals surface area contributed by atoms with Gasteiger partial charge in [-0.05, 0) is 68.2 Å². The lowest BCUT2D eigenvalue weighted by Crippen LogP contribution is -2.40. The molecule has 0 unspecified atom stereocenters. The SMILES string of the molecule is Cc1csc(C(=O)N[C@H]2CC[C@@H](Nc3cc(C(F)(F)F)nc4ccccc34)CC2)c1C. The molecule has 0 atom stereocenters. The molecule has 2 N–H and O–H groups in total. The number of anilines is 1. The van der Waals surface area contributed by atoms with Crippen LogP contribution in [0.3, 0.4) is 0 Å². The molecular formula is C23H24F3N3OS. The zero-order valence-corrected chi connectivity index (χ0v) is 18.2. The van der Waals surface area contributed by atoms with Crippen LogP contribution in [-0.4, -0.2) is 23.0 Å². The van der Waals surface area contributed by atoms with Crippen LogP contribution in [0.4, 0.5) is 18.9 Å². The highest BCUT2D eigenvalue weighted by Gasteiger charge is 2.34. The summed E-state index contributed by atoms with van der Waals surface area (Å²) >= 11 is 1.46. The molecule has 2 heterocycles. The molecule has 31 heavy (non-hydrogen) atoms. The van der Waals surface area contributed by atoms with Crippen molar-refractivity contribution in [1.82, 2.24) is 10.3 Å². The molecule has 8 heteroatoms. The van der Waals surface area contributed by atoms with E-state index in [0.29, 0.717) is 16.6 Å². The molecule has 0 bridgehead atoms. The largest absolute Gasteiger partial charge is 0.433 e. The normalized spacial score (nSPS) is 19.4. The maximum absolute atomic E-state index is 13.3. The Kier molecular flexibility index (Phi) is 5.92. The van der Waals surface area contributed by atoms with E-state index in [0.717, 1.165) is 47.8 Å². The highest BCUT2D eigenvalue weighted by atomic mass is 32.1. The molecular weight excluding hydrogens is 423 g/mol. The van der Waals surface area contributed by atoms with Crippen LogP contribution in [0.2, 0.25) is 0 Å². The Bertz CT molecular complexity index is 1100. The fraction of sp³-hybridized carbons (Fsp3) is 0.391. The van der Waals surface area contributed by atoms with E-state index in [1.807, 2.05) is 19.2 Å². The number of carbonyl (C=O) groups is 1. The number of nitrogens with zero attached hydrogens (tertiary/aromatic N) is 1. The number of carbonyl (C=O) groups excluding carboxylic acids is 1. The van der Waals surface area contributed by atoms with E-state index in [4.69, 9.17) is 0 Å². The molecule has 1 aromatic carbocycles. The van der Waals surface area contributed by atoms with Crippen molar-refractivity contribution in [2.45, 2.75) is 57.8 Å². The molecule has 1 fully saturated rings. The van der Waals surface area contributed by atoms with Gasteiger partial charge in [-0.1, -0.05) is 18.2 Å². The number of fused-ring (bicyclic) bond motifs is 1. The van der Waals surface area contributed by atoms with Crippen molar-refractivity contribution in [2.75, 3.05) is 5.32 Å². The van der Waals surface area contributed by atoms with E-state index in [2.05, 4.69) is 15.6 Å².